The maximum absolute atomic E-state index is 11.2. The third-order valence-electron chi connectivity index (χ3n) is 9.25. The van der Waals surface area contributed by atoms with E-state index in [0.29, 0.717) is 29.9 Å². The van der Waals surface area contributed by atoms with E-state index in [9.17, 15) is 25.5 Å². The van der Waals surface area contributed by atoms with Crippen molar-refractivity contribution in [2.24, 2.45) is 5.92 Å². The predicted molar refractivity (Wildman–Crippen MR) is 161 cm³/mol. The molecule has 1 saturated carbocycles. The molecule has 0 amide bonds. The second-order valence-electron chi connectivity index (χ2n) is 13.3. The molecule has 0 radical (unpaired) electrons. The van der Waals surface area contributed by atoms with Gasteiger partial charge in [-0.15, -0.1) is 0 Å². The van der Waals surface area contributed by atoms with Crippen LogP contribution in [0.5, 0.6) is 0 Å². The lowest BCUT2D eigenvalue weighted by Gasteiger charge is -2.50. The number of aliphatic hydroxyl groups is 5. The lowest BCUT2D eigenvalue weighted by molar-refractivity contribution is -0.206. The van der Waals surface area contributed by atoms with Gasteiger partial charge in [0, 0.05) is 19.0 Å². The highest BCUT2D eigenvalue weighted by Gasteiger charge is 2.50. The lowest BCUT2D eigenvalue weighted by atomic mass is 9.75. The van der Waals surface area contributed by atoms with Crippen LogP contribution in [0.4, 0.5) is 5.82 Å². The van der Waals surface area contributed by atoms with E-state index in [1.807, 2.05) is 0 Å². The third kappa shape index (κ3) is 5.55. The minimum absolute atomic E-state index is 0.0346. The fraction of sp³-hybridized carbons (Fsp3) is 0.600. The molecule has 0 spiro atoms. The summed E-state index contributed by atoms with van der Waals surface area (Å²) in [6.07, 6.45) is 1.17. The molecule has 2 fully saturated rings. The average Bonchev–Trinajstić information content (AvgIpc) is 3.66. The van der Waals surface area contributed by atoms with Gasteiger partial charge in [-0.3, -0.25) is 9.47 Å². The minimum Gasteiger partial charge on any atom is -0.392 e. The van der Waals surface area contributed by atoms with Gasteiger partial charge in [0.05, 0.1) is 30.6 Å². The van der Waals surface area contributed by atoms with E-state index >= 15 is 0 Å². The first-order valence-corrected chi connectivity index (χ1v) is 15.1. The van der Waals surface area contributed by atoms with Gasteiger partial charge in [-0.25, -0.2) is 19.9 Å². The van der Waals surface area contributed by atoms with Crippen LogP contribution in [0.2, 0.25) is 0 Å². The Hall–Kier alpha value is -3.24. The third-order valence-corrected chi connectivity index (χ3v) is 9.25. The first kappa shape index (κ1) is 30.8. The van der Waals surface area contributed by atoms with Crippen LogP contribution in [0.25, 0.3) is 22.2 Å². The Morgan fingerprint density at radius 3 is 2.55 bits per heavy atom. The van der Waals surface area contributed by atoms with E-state index in [1.54, 1.807) is 4.90 Å². The second-order valence-corrected chi connectivity index (χ2v) is 13.3. The number of fused-ring (bicyclic) bond motifs is 2. The number of nitrogens with one attached hydrogen (secondary N) is 1. The predicted octanol–water partition coefficient (Wildman–Crippen LogP) is 0.588. The number of H-pyrrole nitrogens is 1. The number of rotatable bonds is 10. The zero-order chi connectivity index (χ0) is 31.4. The number of aryl methyl sites for hydroxylation is 1. The molecule has 4 unspecified atom stereocenters. The number of nitrogens with zero attached hydrogens (tertiary/aromatic N) is 6. The Morgan fingerprint density at radius 1 is 1.09 bits per heavy atom. The van der Waals surface area contributed by atoms with Gasteiger partial charge in [0.15, 0.2) is 23.4 Å². The van der Waals surface area contributed by atoms with Crippen molar-refractivity contribution in [3.05, 3.63) is 42.2 Å². The summed E-state index contributed by atoms with van der Waals surface area (Å²) in [7, 11) is 0. The van der Waals surface area contributed by atoms with Gasteiger partial charge in [0.2, 0.25) is 0 Å². The summed E-state index contributed by atoms with van der Waals surface area (Å²) in [5.74, 6) is 1.45. The molecule has 44 heavy (non-hydrogen) atoms. The van der Waals surface area contributed by atoms with Gasteiger partial charge in [0.1, 0.15) is 36.0 Å². The summed E-state index contributed by atoms with van der Waals surface area (Å²) in [5, 5.41) is 53.2. The number of aromatic nitrogens is 6. The standard InChI is InChI=1S/C30H42N8O6/c1-29(2,3)17-5-6-19-20(10-17)36-22(35-19)7-4-16-8-18(9-16)38(30(43,12-39)13-40)11-21-24(41)25(42)28(44-21)37-15-34-23-26(31)32-14-33-27(23)37/h5-6,10,14-16,18,21,24-25,28,39-43H,4,7-9,11-13H2,1-3H3,(H,35,36)(H2,31,32,33). The van der Waals surface area contributed by atoms with Crippen molar-refractivity contribution in [3.8, 4) is 0 Å². The molecule has 4 aromatic rings. The Bertz CT molecular complexity index is 1610. The molecule has 4 heterocycles. The van der Waals surface area contributed by atoms with Gasteiger partial charge in [0.25, 0.3) is 0 Å². The largest absolute Gasteiger partial charge is 0.392 e. The van der Waals surface area contributed by atoms with Crippen LogP contribution in [-0.2, 0) is 16.6 Å². The molecule has 4 atom stereocenters. The van der Waals surface area contributed by atoms with Gasteiger partial charge >= 0.3 is 0 Å². The quantitative estimate of drug-likeness (QED) is 0.123. The molecule has 1 aromatic carbocycles. The van der Waals surface area contributed by atoms with Crippen LogP contribution in [0, 0.1) is 5.92 Å². The number of benzene rings is 1. The highest BCUT2D eigenvalue weighted by Crippen LogP contribution is 2.40. The fourth-order valence-electron chi connectivity index (χ4n) is 6.43. The van der Waals surface area contributed by atoms with E-state index in [0.717, 1.165) is 29.7 Å². The van der Waals surface area contributed by atoms with Crippen LogP contribution in [0.3, 0.4) is 0 Å². The molecule has 1 aliphatic carbocycles. The van der Waals surface area contributed by atoms with E-state index in [2.05, 4.69) is 58.9 Å². The zero-order valence-corrected chi connectivity index (χ0v) is 25.2. The molecule has 2 aliphatic rings. The number of aromatic amines is 1. The maximum Gasteiger partial charge on any atom is 0.167 e. The van der Waals surface area contributed by atoms with Crippen molar-refractivity contribution in [3.63, 3.8) is 0 Å². The molecule has 6 rings (SSSR count). The summed E-state index contributed by atoms with van der Waals surface area (Å²) in [6, 6.07) is 6.16. The van der Waals surface area contributed by atoms with E-state index in [4.69, 9.17) is 15.5 Å². The summed E-state index contributed by atoms with van der Waals surface area (Å²) >= 11 is 0. The molecule has 0 bridgehead atoms. The Labute approximate surface area is 254 Å². The molecule has 1 saturated heterocycles. The van der Waals surface area contributed by atoms with Gasteiger partial charge in [-0.2, -0.15) is 0 Å². The Kier molecular flexibility index (Phi) is 8.11. The van der Waals surface area contributed by atoms with Crippen molar-refractivity contribution < 1.29 is 30.3 Å². The topological polar surface area (TPSA) is 212 Å². The number of imidazole rings is 2. The van der Waals surface area contributed by atoms with Crippen molar-refractivity contribution in [1.29, 1.82) is 0 Å². The number of hydrogen-bond acceptors (Lipinski definition) is 12. The highest BCUT2D eigenvalue weighted by molar-refractivity contribution is 5.81. The van der Waals surface area contributed by atoms with Crippen LogP contribution < -0.4 is 5.73 Å². The van der Waals surface area contributed by atoms with E-state index in [-0.39, 0.29) is 23.8 Å². The molecule has 3 aromatic heterocycles. The van der Waals surface area contributed by atoms with E-state index in [1.165, 1.54) is 22.8 Å². The number of aliphatic hydroxyl groups excluding tert-OH is 4. The Balaban J connectivity index is 1.11. The highest BCUT2D eigenvalue weighted by atomic mass is 16.6. The molecular weight excluding hydrogens is 568 g/mol. The van der Waals surface area contributed by atoms with Crippen LogP contribution >= 0.6 is 0 Å². The van der Waals surface area contributed by atoms with Crippen LogP contribution in [-0.4, -0.2) is 110 Å². The zero-order valence-electron chi connectivity index (χ0n) is 25.2. The summed E-state index contributed by atoms with van der Waals surface area (Å²) in [4.78, 5) is 22.1. The number of nitrogens with two attached hydrogens (primary N) is 1. The molecule has 1 aliphatic heterocycles. The summed E-state index contributed by atoms with van der Waals surface area (Å²) < 4.78 is 7.58. The average molecular weight is 611 g/mol. The van der Waals surface area contributed by atoms with Crippen molar-refractivity contribution in [2.75, 3.05) is 25.5 Å². The summed E-state index contributed by atoms with van der Waals surface area (Å²) in [5.41, 5.74) is 7.90. The first-order valence-electron chi connectivity index (χ1n) is 15.1. The first-order chi connectivity index (χ1) is 20.9. The van der Waals surface area contributed by atoms with Crippen LogP contribution in [0.15, 0.2) is 30.9 Å². The fourth-order valence-corrected chi connectivity index (χ4v) is 6.43. The van der Waals surface area contributed by atoms with Crippen molar-refractivity contribution >= 4 is 28.0 Å². The monoisotopic (exact) mass is 610 g/mol. The number of anilines is 1. The van der Waals surface area contributed by atoms with Crippen molar-refractivity contribution in [1.82, 2.24) is 34.4 Å². The van der Waals surface area contributed by atoms with Gasteiger partial charge < -0.3 is 41.0 Å². The summed E-state index contributed by atoms with van der Waals surface area (Å²) in [6.45, 7) is 5.10. The smallest absolute Gasteiger partial charge is 0.167 e. The second kappa shape index (κ2) is 11.6. The van der Waals surface area contributed by atoms with E-state index < -0.39 is 43.5 Å². The van der Waals surface area contributed by atoms with Gasteiger partial charge in [-0.05, 0) is 48.3 Å². The Morgan fingerprint density at radius 2 is 1.84 bits per heavy atom. The number of ether oxygens (including phenoxy) is 1. The molecule has 238 valence electrons. The normalized spacial score (nSPS) is 26.2. The minimum atomic E-state index is -1.94. The number of hydrogen-bond donors (Lipinski definition) is 7. The van der Waals surface area contributed by atoms with Gasteiger partial charge in [-0.1, -0.05) is 26.8 Å². The van der Waals surface area contributed by atoms with Crippen molar-refractivity contribution in [2.45, 2.75) is 88.2 Å². The molecular formula is C30H42N8O6. The maximum atomic E-state index is 11.2. The SMILES string of the molecule is CC(C)(C)c1ccc2nc(CCC3CC(N(CC4OC(n5cnc6c(N)ncnc65)C(O)C4O)C(O)(CO)CO)C3)[nH]c2c1. The number of nitrogen functional groups attached to an aromatic ring is 1. The molecule has 8 N–H and O–H groups in total. The lowest BCUT2D eigenvalue weighted by Crippen LogP contribution is -2.63. The van der Waals surface area contributed by atoms with Crippen LogP contribution in [0.1, 0.15) is 57.6 Å². The molecule has 14 nitrogen and oxygen atoms in total. The molecule has 14 heteroatoms.